The lowest BCUT2D eigenvalue weighted by atomic mass is 10.2. The molecule has 0 saturated heterocycles. The van der Waals surface area contributed by atoms with E-state index < -0.39 is 0 Å². The first-order chi connectivity index (χ1) is 8.76. The Balaban J connectivity index is 2.99. The van der Waals surface area contributed by atoms with Gasteiger partial charge >= 0.3 is 0 Å². The van der Waals surface area contributed by atoms with E-state index in [4.69, 9.17) is 4.42 Å². The Morgan fingerprint density at radius 1 is 1.22 bits per heavy atom. The molecule has 0 unspecified atom stereocenters. The van der Waals surface area contributed by atoms with Gasteiger partial charge in [-0.1, -0.05) is 31.4 Å². The maximum absolute atomic E-state index is 5.90. The standard InChI is InChI=1S/C16H17NO/c1-5-9-11-13(7-3)17-15-12(10-6-2)14(8-4)18-16(11)15/h5-10,17H,2-3H2,1,4H3/b9-5-,12-10+,14-8+. The summed E-state index contributed by atoms with van der Waals surface area (Å²) in [5, 5.41) is 1.03. The van der Waals surface area contributed by atoms with E-state index in [1.165, 1.54) is 0 Å². The highest BCUT2D eigenvalue weighted by Gasteiger charge is 2.12. The van der Waals surface area contributed by atoms with Gasteiger partial charge in [-0.3, -0.25) is 0 Å². The zero-order chi connectivity index (χ0) is 13.1. The summed E-state index contributed by atoms with van der Waals surface area (Å²) in [4.78, 5) is 3.34. The fourth-order valence-corrected chi connectivity index (χ4v) is 2.09. The van der Waals surface area contributed by atoms with E-state index in [1.807, 2.05) is 38.2 Å². The van der Waals surface area contributed by atoms with Crippen LogP contribution < -0.4 is 10.6 Å². The molecule has 0 aliphatic rings. The lowest BCUT2D eigenvalue weighted by Gasteiger charge is -1.90. The van der Waals surface area contributed by atoms with Gasteiger partial charge in [0.1, 0.15) is 5.42 Å². The second kappa shape index (κ2) is 4.96. The van der Waals surface area contributed by atoms with E-state index in [0.29, 0.717) is 0 Å². The molecule has 0 spiro atoms. The average molecular weight is 239 g/mol. The second-order valence-electron chi connectivity index (χ2n) is 3.93. The first-order valence-electron chi connectivity index (χ1n) is 5.95. The number of aromatic amines is 1. The lowest BCUT2D eigenvalue weighted by Crippen LogP contribution is -2.19. The molecule has 0 aliphatic carbocycles. The number of aromatic nitrogens is 1. The predicted molar refractivity (Wildman–Crippen MR) is 79.4 cm³/mol. The summed E-state index contributed by atoms with van der Waals surface area (Å²) in [5.41, 5.74) is 4.73. The minimum atomic E-state index is 0.859. The van der Waals surface area contributed by atoms with Crippen molar-refractivity contribution in [3.8, 4) is 0 Å². The summed E-state index contributed by atoms with van der Waals surface area (Å²) in [7, 11) is 0. The van der Waals surface area contributed by atoms with Crippen molar-refractivity contribution >= 4 is 35.4 Å². The fraction of sp³-hybridized carbons (Fsp3) is 0.125. The van der Waals surface area contributed by atoms with Crippen LogP contribution in [0.2, 0.25) is 0 Å². The summed E-state index contributed by atoms with van der Waals surface area (Å²) in [6.45, 7) is 11.5. The Morgan fingerprint density at radius 3 is 2.56 bits per heavy atom. The summed E-state index contributed by atoms with van der Waals surface area (Å²) in [5.74, 6) is 0. The molecule has 0 saturated carbocycles. The Bertz CT molecular complexity index is 738. The highest BCUT2D eigenvalue weighted by molar-refractivity contribution is 5.89. The molecule has 0 amide bonds. The topological polar surface area (TPSA) is 28.9 Å². The van der Waals surface area contributed by atoms with Gasteiger partial charge in [-0.15, -0.1) is 0 Å². The van der Waals surface area contributed by atoms with Gasteiger partial charge in [0.05, 0.1) is 5.52 Å². The zero-order valence-corrected chi connectivity index (χ0v) is 10.8. The SMILES string of the molecule is C=C/C=c1\c(=C/C)oc2c(/C=C\C)c(C=C)[nH]c12. The molecule has 0 aromatic carbocycles. The highest BCUT2D eigenvalue weighted by Crippen LogP contribution is 2.22. The van der Waals surface area contributed by atoms with Crippen LogP contribution in [0.25, 0.3) is 35.4 Å². The molecule has 2 heteroatoms. The Kier molecular flexibility index (Phi) is 3.38. The number of allylic oxidation sites excluding steroid dienone is 2. The third-order valence-corrected chi connectivity index (χ3v) is 2.85. The third kappa shape index (κ3) is 1.76. The number of hydrogen-bond acceptors (Lipinski definition) is 1. The molecule has 92 valence electrons. The number of nitrogens with one attached hydrogen (secondary N) is 1. The van der Waals surface area contributed by atoms with Gasteiger partial charge in [-0.05, 0) is 32.1 Å². The van der Waals surface area contributed by atoms with Crippen molar-refractivity contribution in [2.24, 2.45) is 0 Å². The third-order valence-electron chi connectivity index (χ3n) is 2.85. The van der Waals surface area contributed by atoms with Crippen LogP contribution in [0, 0.1) is 0 Å². The first kappa shape index (κ1) is 12.2. The van der Waals surface area contributed by atoms with Crippen molar-refractivity contribution in [3.63, 3.8) is 0 Å². The Hall–Kier alpha value is -2.22. The van der Waals surface area contributed by atoms with Crippen LogP contribution in [0.4, 0.5) is 0 Å². The van der Waals surface area contributed by atoms with Crippen molar-refractivity contribution in [3.05, 3.63) is 47.2 Å². The Labute approximate surface area is 106 Å². The van der Waals surface area contributed by atoms with E-state index in [9.17, 15) is 0 Å². The molecule has 1 N–H and O–H groups in total. The quantitative estimate of drug-likeness (QED) is 0.875. The zero-order valence-electron chi connectivity index (χ0n) is 10.8. The average Bonchev–Trinajstić information content (AvgIpc) is 2.88. The predicted octanol–water partition coefficient (Wildman–Crippen LogP) is 3.20. The number of furan rings is 1. The van der Waals surface area contributed by atoms with Crippen molar-refractivity contribution < 1.29 is 4.42 Å². The van der Waals surface area contributed by atoms with Crippen LogP contribution in [-0.4, -0.2) is 4.98 Å². The molecular weight excluding hydrogens is 222 g/mol. The van der Waals surface area contributed by atoms with Crippen LogP contribution in [0.3, 0.4) is 0 Å². The van der Waals surface area contributed by atoms with Gasteiger partial charge in [0, 0.05) is 16.5 Å². The molecule has 0 radical (unpaired) electrons. The van der Waals surface area contributed by atoms with Gasteiger partial charge in [0.25, 0.3) is 0 Å². The van der Waals surface area contributed by atoms with Crippen molar-refractivity contribution in [1.82, 2.24) is 4.98 Å². The fourth-order valence-electron chi connectivity index (χ4n) is 2.09. The highest BCUT2D eigenvalue weighted by atomic mass is 16.3. The number of hydrogen-bond donors (Lipinski definition) is 1. The molecule has 2 aromatic rings. The maximum Gasteiger partial charge on any atom is 0.160 e. The van der Waals surface area contributed by atoms with Gasteiger partial charge in [0.2, 0.25) is 0 Å². The van der Waals surface area contributed by atoms with Crippen molar-refractivity contribution in [2.75, 3.05) is 0 Å². The molecule has 2 rings (SSSR count). The molecular formula is C16H17NO. The molecule has 0 atom stereocenters. The van der Waals surface area contributed by atoms with Crippen LogP contribution in [0.5, 0.6) is 0 Å². The van der Waals surface area contributed by atoms with E-state index in [1.54, 1.807) is 12.2 Å². The van der Waals surface area contributed by atoms with Crippen molar-refractivity contribution in [2.45, 2.75) is 13.8 Å². The van der Waals surface area contributed by atoms with E-state index in [-0.39, 0.29) is 0 Å². The molecule has 0 bridgehead atoms. The summed E-state index contributed by atoms with van der Waals surface area (Å²) in [6.07, 6.45) is 11.5. The van der Waals surface area contributed by atoms with Gasteiger partial charge < -0.3 is 9.40 Å². The molecule has 0 fully saturated rings. The molecule has 2 nitrogen and oxygen atoms in total. The lowest BCUT2D eigenvalue weighted by molar-refractivity contribution is 0.574. The monoisotopic (exact) mass is 239 g/mol. The van der Waals surface area contributed by atoms with Crippen LogP contribution >= 0.6 is 0 Å². The number of rotatable bonds is 3. The van der Waals surface area contributed by atoms with Crippen LogP contribution in [0.15, 0.2) is 29.7 Å². The minimum absolute atomic E-state index is 0.859. The smallest absolute Gasteiger partial charge is 0.160 e. The van der Waals surface area contributed by atoms with Gasteiger partial charge in [-0.2, -0.15) is 0 Å². The van der Waals surface area contributed by atoms with Gasteiger partial charge in [0.15, 0.2) is 5.58 Å². The summed E-state index contributed by atoms with van der Waals surface area (Å²) >= 11 is 0. The normalized spacial score (nSPS) is 13.9. The van der Waals surface area contributed by atoms with E-state index in [0.717, 1.165) is 33.0 Å². The maximum atomic E-state index is 5.90. The molecule has 18 heavy (non-hydrogen) atoms. The summed E-state index contributed by atoms with van der Waals surface area (Å²) < 4.78 is 5.90. The second-order valence-corrected chi connectivity index (χ2v) is 3.93. The van der Waals surface area contributed by atoms with Crippen LogP contribution in [-0.2, 0) is 0 Å². The first-order valence-corrected chi connectivity index (χ1v) is 5.95. The molecule has 2 aromatic heterocycles. The minimum Gasteiger partial charge on any atom is -0.454 e. The molecule has 2 heterocycles. The van der Waals surface area contributed by atoms with E-state index >= 15 is 0 Å². The Morgan fingerprint density at radius 2 is 2.00 bits per heavy atom. The number of fused-ring (bicyclic) bond motifs is 1. The molecule has 0 aliphatic heterocycles. The van der Waals surface area contributed by atoms with Crippen LogP contribution in [0.1, 0.15) is 25.1 Å². The largest absolute Gasteiger partial charge is 0.454 e. The summed E-state index contributed by atoms with van der Waals surface area (Å²) in [6, 6.07) is 0. The number of H-pyrrole nitrogens is 1. The van der Waals surface area contributed by atoms with Gasteiger partial charge in [-0.25, -0.2) is 0 Å². The van der Waals surface area contributed by atoms with Crippen molar-refractivity contribution in [1.29, 1.82) is 0 Å². The van der Waals surface area contributed by atoms with E-state index in [2.05, 4.69) is 18.1 Å².